The summed E-state index contributed by atoms with van der Waals surface area (Å²) < 4.78 is 27.1. The molecule has 1 N–H and O–H groups in total. The third-order valence-electron chi connectivity index (χ3n) is 3.47. The molecule has 0 aromatic heterocycles. The van der Waals surface area contributed by atoms with Gasteiger partial charge in [-0.1, -0.05) is 26.8 Å². The van der Waals surface area contributed by atoms with E-state index in [1.165, 1.54) is 0 Å². The average Bonchev–Trinajstić information content (AvgIpc) is 2.46. The van der Waals surface area contributed by atoms with E-state index in [0.717, 1.165) is 30.5 Å². The highest BCUT2D eigenvalue weighted by atomic mass is 32.2. The maximum absolute atomic E-state index is 12.8. The first-order chi connectivity index (χ1) is 9.97. The van der Waals surface area contributed by atoms with E-state index in [1.54, 1.807) is 10.4 Å². The Morgan fingerprint density at radius 1 is 1.10 bits per heavy atom. The molecule has 0 radical (unpaired) electrons. The molecule has 1 aromatic rings. The van der Waals surface area contributed by atoms with E-state index in [-0.39, 0.29) is 0 Å². The standard InChI is InChI=1S/C16H28N2O2S/c1-5-10-18(11-6-2)21(19,20)16-9-8-14(4)15(12-16)13-17-7-3/h8-9,12,17H,5-7,10-11,13H2,1-4H3. The summed E-state index contributed by atoms with van der Waals surface area (Å²) in [6.07, 6.45) is 1.66. The highest BCUT2D eigenvalue weighted by Gasteiger charge is 2.23. The Hall–Kier alpha value is -0.910. The predicted octanol–water partition coefficient (Wildman–Crippen LogP) is 2.92. The van der Waals surface area contributed by atoms with Crippen molar-refractivity contribution in [1.82, 2.24) is 9.62 Å². The Balaban J connectivity index is 3.11. The first-order valence-electron chi connectivity index (χ1n) is 7.77. The van der Waals surface area contributed by atoms with Crippen LogP contribution >= 0.6 is 0 Å². The second-order valence-electron chi connectivity index (χ2n) is 5.27. The summed E-state index contributed by atoms with van der Waals surface area (Å²) in [5.41, 5.74) is 2.17. The van der Waals surface area contributed by atoms with Crippen molar-refractivity contribution >= 4 is 10.0 Å². The van der Waals surface area contributed by atoms with E-state index in [9.17, 15) is 8.42 Å². The first-order valence-corrected chi connectivity index (χ1v) is 9.21. The number of benzene rings is 1. The van der Waals surface area contributed by atoms with Crippen LogP contribution in [0.1, 0.15) is 44.7 Å². The fourth-order valence-electron chi connectivity index (χ4n) is 2.26. The monoisotopic (exact) mass is 312 g/mol. The third-order valence-corrected chi connectivity index (χ3v) is 5.36. The molecule has 0 spiro atoms. The van der Waals surface area contributed by atoms with Crippen LogP contribution in [0.5, 0.6) is 0 Å². The van der Waals surface area contributed by atoms with E-state index in [1.807, 2.05) is 39.8 Å². The van der Waals surface area contributed by atoms with Gasteiger partial charge in [0, 0.05) is 19.6 Å². The molecule has 0 amide bonds. The molecule has 4 nitrogen and oxygen atoms in total. The zero-order valence-corrected chi connectivity index (χ0v) is 14.5. The quantitative estimate of drug-likeness (QED) is 0.763. The molecule has 0 unspecified atom stereocenters. The van der Waals surface area contributed by atoms with Gasteiger partial charge in [0.1, 0.15) is 0 Å². The minimum Gasteiger partial charge on any atom is -0.313 e. The zero-order valence-electron chi connectivity index (χ0n) is 13.6. The number of sulfonamides is 1. The molecule has 0 atom stereocenters. The Kier molecular flexibility index (Phi) is 7.35. The van der Waals surface area contributed by atoms with E-state index >= 15 is 0 Å². The molecule has 5 heteroatoms. The smallest absolute Gasteiger partial charge is 0.243 e. The molecule has 0 aliphatic carbocycles. The van der Waals surface area contributed by atoms with Crippen molar-refractivity contribution < 1.29 is 8.42 Å². The van der Waals surface area contributed by atoms with Crippen molar-refractivity contribution in [2.45, 2.75) is 52.0 Å². The second kappa shape index (κ2) is 8.51. The van der Waals surface area contributed by atoms with Crippen LogP contribution in [-0.4, -0.2) is 32.4 Å². The summed E-state index contributed by atoms with van der Waals surface area (Å²) in [5, 5.41) is 3.26. The van der Waals surface area contributed by atoms with Gasteiger partial charge in [-0.15, -0.1) is 0 Å². The molecule has 0 aliphatic rings. The van der Waals surface area contributed by atoms with Gasteiger partial charge in [-0.25, -0.2) is 8.42 Å². The molecule has 0 bridgehead atoms. The summed E-state index contributed by atoms with van der Waals surface area (Å²) in [7, 11) is -3.38. The summed E-state index contributed by atoms with van der Waals surface area (Å²) in [4.78, 5) is 0.405. The van der Waals surface area contributed by atoms with Crippen LogP contribution in [0.4, 0.5) is 0 Å². The Bertz CT molecular complexity index is 535. The molecule has 0 saturated carbocycles. The Morgan fingerprint density at radius 2 is 1.71 bits per heavy atom. The number of hydrogen-bond acceptors (Lipinski definition) is 3. The summed E-state index contributed by atoms with van der Waals surface area (Å²) in [5.74, 6) is 0. The van der Waals surface area contributed by atoms with E-state index < -0.39 is 10.0 Å². The molecule has 120 valence electrons. The molecule has 1 rings (SSSR count). The molecule has 0 fully saturated rings. The molecule has 21 heavy (non-hydrogen) atoms. The lowest BCUT2D eigenvalue weighted by molar-refractivity contribution is 0.410. The average molecular weight is 312 g/mol. The van der Waals surface area contributed by atoms with Gasteiger partial charge in [0.15, 0.2) is 0 Å². The van der Waals surface area contributed by atoms with Crippen molar-refractivity contribution in [3.05, 3.63) is 29.3 Å². The summed E-state index contributed by atoms with van der Waals surface area (Å²) in [6.45, 7) is 10.8. The molecule has 0 saturated heterocycles. The van der Waals surface area contributed by atoms with Crippen LogP contribution in [-0.2, 0) is 16.6 Å². The van der Waals surface area contributed by atoms with E-state index in [4.69, 9.17) is 0 Å². The van der Waals surface area contributed by atoms with Gasteiger partial charge in [0.25, 0.3) is 0 Å². The van der Waals surface area contributed by atoms with Gasteiger partial charge in [-0.2, -0.15) is 4.31 Å². The third kappa shape index (κ3) is 4.80. The minimum absolute atomic E-state index is 0.405. The molecule has 0 aliphatic heterocycles. The summed E-state index contributed by atoms with van der Waals surface area (Å²) >= 11 is 0. The highest BCUT2D eigenvalue weighted by molar-refractivity contribution is 7.89. The lowest BCUT2D eigenvalue weighted by atomic mass is 10.1. The molecule has 1 aromatic carbocycles. The van der Waals surface area contributed by atoms with Crippen LogP contribution in [0, 0.1) is 6.92 Å². The van der Waals surface area contributed by atoms with Crippen molar-refractivity contribution in [2.75, 3.05) is 19.6 Å². The number of nitrogens with one attached hydrogen (secondary N) is 1. The second-order valence-corrected chi connectivity index (χ2v) is 7.21. The maximum Gasteiger partial charge on any atom is 0.243 e. The fourth-order valence-corrected chi connectivity index (χ4v) is 3.93. The minimum atomic E-state index is -3.38. The van der Waals surface area contributed by atoms with Gasteiger partial charge < -0.3 is 5.32 Å². The molecular formula is C16H28N2O2S. The van der Waals surface area contributed by atoms with Crippen molar-refractivity contribution in [3.63, 3.8) is 0 Å². The van der Waals surface area contributed by atoms with Gasteiger partial charge in [-0.3, -0.25) is 0 Å². The normalized spacial score (nSPS) is 12.0. The van der Waals surface area contributed by atoms with Crippen molar-refractivity contribution in [2.24, 2.45) is 0 Å². The largest absolute Gasteiger partial charge is 0.313 e. The van der Waals surface area contributed by atoms with Gasteiger partial charge >= 0.3 is 0 Å². The van der Waals surface area contributed by atoms with Crippen LogP contribution in [0.2, 0.25) is 0 Å². The molecule has 0 heterocycles. The van der Waals surface area contributed by atoms with Crippen LogP contribution in [0.15, 0.2) is 23.1 Å². The van der Waals surface area contributed by atoms with Crippen molar-refractivity contribution in [3.8, 4) is 0 Å². The number of nitrogens with zero attached hydrogens (tertiary/aromatic N) is 1. The maximum atomic E-state index is 12.8. The number of aryl methyl sites for hydroxylation is 1. The van der Waals surface area contributed by atoms with E-state index in [0.29, 0.717) is 24.5 Å². The van der Waals surface area contributed by atoms with Gasteiger partial charge in [-0.05, 0) is 49.6 Å². The van der Waals surface area contributed by atoms with Crippen LogP contribution < -0.4 is 5.32 Å². The topological polar surface area (TPSA) is 49.4 Å². The Morgan fingerprint density at radius 3 is 2.24 bits per heavy atom. The zero-order chi connectivity index (χ0) is 15.9. The van der Waals surface area contributed by atoms with Crippen LogP contribution in [0.25, 0.3) is 0 Å². The van der Waals surface area contributed by atoms with Crippen molar-refractivity contribution in [1.29, 1.82) is 0 Å². The Labute approximate surface area is 129 Å². The van der Waals surface area contributed by atoms with Gasteiger partial charge in [0.05, 0.1) is 4.90 Å². The van der Waals surface area contributed by atoms with Gasteiger partial charge in [0.2, 0.25) is 10.0 Å². The van der Waals surface area contributed by atoms with E-state index in [2.05, 4.69) is 5.32 Å². The lowest BCUT2D eigenvalue weighted by Gasteiger charge is -2.21. The predicted molar refractivity (Wildman–Crippen MR) is 87.9 cm³/mol. The summed E-state index contributed by atoms with van der Waals surface area (Å²) in [6, 6.07) is 5.43. The van der Waals surface area contributed by atoms with Crippen LogP contribution in [0.3, 0.4) is 0 Å². The molecular weight excluding hydrogens is 284 g/mol. The number of hydrogen-bond donors (Lipinski definition) is 1. The lowest BCUT2D eigenvalue weighted by Crippen LogP contribution is -2.32. The number of rotatable bonds is 9. The SMILES string of the molecule is CCCN(CCC)S(=O)(=O)c1ccc(C)c(CNCC)c1. The highest BCUT2D eigenvalue weighted by Crippen LogP contribution is 2.20. The first kappa shape index (κ1) is 18.1. The fraction of sp³-hybridized carbons (Fsp3) is 0.625.